The number of halogens is 2. The van der Waals surface area contributed by atoms with Crippen molar-refractivity contribution in [1.82, 2.24) is 10.2 Å². The van der Waals surface area contributed by atoms with Gasteiger partial charge in [0.1, 0.15) is 5.82 Å². The van der Waals surface area contributed by atoms with Gasteiger partial charge in [-0.25, -0.2) is 4.39 Å². The zero-order valence-electron chi connectivity index (χ0n) is 12.8. The molecular formula is C16H24ClFN2. The van der Waals surface area contributed by atoms with Crippen LogP contribution < -0.4 is 5.32 Å². The van der Waals surface area contributed by atoms with Gasteiger partial charge in [-0.15, -0.1) is 0 Å². The highest BCUT2D eigenvalue weighted by atomic mass is 35.5. The minimum absolute atomic E-state index is 0.00278. The van der Waals surface area contributed by atoms with E-state index in [0.29, 0.717) is 10.6 Å². The number of aryl methyl sites for hydroxylation is 1. The van der Waals surface area contributed by atoms with Gasteiger partial charge in [-0.2, -0.15) is 0 Å². The van der Waals surface area contributed by atoms with Crippen molar-refractivity contribution in [3.63, 3.8) is 0 Å². The van der Waals surface area contributed by atoms with Crippen LogP contribution in [-0.2, 0) is 0 Å². The molecule has 2 rings (SSSR count). The Bertz CT molecular complexity index is 476. The fourth-order valence-corrected chi connectivity index (χ4v) is 3.29. The summed E-state index contributed by atoms with van der Waals surface area (Å²) >= 11 is 6.44. The Morgan fingerprint density at radius 3 is 2.40 bits per heavy atom. The van der Waals surface area contributed by atoms with Crippen molar-refractivity contribution < 1.29 is 4.39 Å². The smallest absolute Gasteiger partial charge is 0.129 e. The highest BCUT2D eigenvalue weighted by Gasteiger charge is 2.36. The number of nitrogens with zero attached hydrogens (tertiary/aromatic N) is 1. The Labute approximate surface area is 126 Å². The Morgan fingerprint density at radius 1 is 1.25 bits per heavy atom. The molecule has 1 N–H and O–H groups in total. The summed E-state index contributed by atoms with van der Waals surface area (Å²) in [5, 5.41) is 3.92. The van der Waals surface area contributed by atoms with Crippen LogP contribution in [0.2, 0.25) is 5.02 Å². The third-order valence-corrected chi connectivity index (χ3v) is 4.43. The Balaban J connectivity index is 2.49. The van der Waals surface area contributed by atoms with E-state index >= 15 is 0 Å². The molecule has 0 spiro atoms. The van der Waals surface area contributed by atoms with Gasteiger partial charge in [-0.05, 0) is 24.0 Å². The van der Waals surface area contributed by atoms with E-state index in [2.05, 4.69) is 31.0 Å². The standard InChI is InChI=1S/C16H24ClFN2/c1-11-5-6-12(18)13(14(11)17)15(16(2,3)4)20-9-7-19-8-10-20/h5-6,15,19H,7-10H2,1-4H3/t15-/m0/s1. The highest BCUT2D eigenvalue weighted by Crippen LogP contribution is 2.43. The molecule has 0 unspecified atom stereocenters. The normalized spacial score (nSPS) is 19.1. The average molecular weight is 299 g/mol. The Kier molecular flexibility index (Phi) is 4.73. The van der Waals surface area contributed by atoms with Crippen LogP contribution >= 0.6 is 11.6 Å². The van der Waals surface area contributed by atoms with Gasteiger partial charge in [0.15, 0.2) is 0 Å². The van der Waals surface area contributed by atoms with Crippen molar-refractivity contribution in [2.24, 2.45) is 5.41 Å². The number of benzene rings is 1. The van der Waals surface area contributed by atoms with Crippen molar-refractivity contribution in [2.45, 2.75) is 33.7 Å². The Morgan fingerprint density at radius 2 is 1.85 bits per heavy atom. The summed E-state index contributed by atoms with van der Waals surface area (Å²) in [4.78, 5) is 2.35. The fourth-order valence-electron chi connectivity index (χ4n) is 3.03. The summed E-state index contributed by atoms with van der Waals surface area (Å²) < 4.78 is 14.4. The molecule has 0 aromatic heterocycles. The minimum Gasteiger partial charge on any atom is -0.314 e. The van der Waals surface area contributed by atoms with Crippen molar-refractivity contribution in [3.8, 4) is 0 Å². The van der Waals surface area contributed by atoms with E-state index < -0.39 is 0 Å². The Hall–Kier alpha value is -0.640. The predicted molar refractivity (Wildman–Crippen MR) is 82.8 cm³/mol. The summed E-state index contributed by atoms with van der Waals surface area (Å²) in [6.45, 7) is 12.1. The molecule has 2 nitrogen and oxygen atoms in total. The van der Waals surface area contributed by atoms with Crippen molar-refractivity contribution in [2.75, 3.05) is 26.2 Å². The molecule has 0 aliphatic carbocycles. The highest BCUT2D eigenvalue weighted by molar-refractivity contribution is 6.32. The summed E-state index contributed by atoms with van der Waals surface area (Å²) in [5.41, 5.74) is 1.52. The number of hydrogen-bond acceptors (Lipinski definition) is 2. The second kappa shape index (κ2) is 6.00. The monoisotopic (exact) mass is 298 g/mol. The molecule has 0 radical (unpaired) electrons. The molecule has 1 aliphatic rings. The lowest BCUT2D eigenvalue weighted by Gasteiger charge is -2.43. The molecule has 1 aromatic carbocycles. The van der Waals surface area contributed by atoms with E-state index in [1.165, 1.54) is 6.07 Å². The molecule has 0 saturated carbocycles. The molecule has 1 aromatic rings. The zero-order valence-corrected chi connectivity index (χ0v) is 13.5. The molecule has 1 fully saturated rings. The predicted octanol–water partition coefficient (Wildman–Crippen LogP) is 3.78. The first kappa shape index (κ1) is 15.7. The number of hydrogen-bond donors (Lipinski definition) is 1. The van der Waals surface area contributed by atoms with Crippen molar-refractivity contribution in [1.29, 1.82) is 0 Å². The van der Waals surface area contributed by atoms with Gasteiger partial charge in [0, 0.05) is 37.8 Å². The molecule has 20 heavy (non-hydrogen) atoms. The first-order chi connectivity index (χ1) is 9.32. The summed E-state index contributed by atoms with van der Waals surface area (Å²) in [6.07, 6.45) is 0. The lowest BCUT2D eigenvalue weighted by atomic mass is 9.80. The summed E-state index contributed by atoms with van der Waals surface area (Å²) in [6, 6.07) is 3.29. The van der Waals surface area contributed by atoms with E-state index in [4.69, 9.17) is 11.6 Å². The van der Waals surface area contributed by atoms with Crippen LogP contribution in [0.15, 0.2) is 12.1 Å². The molecule has 112 valence electrons. The maximum Gasteiger partial charge on any atom is 0.129 e. The van der Waals surface area contributed by atoms with Crippen molar-refractivity contribution in [3.05, 3.63) is 34.1 Å². The third kappa shape index (κ3) is 3.16. The average Bonchev–Trinajstić information content (AvgIpc) is 2.39. The van der Waals surface area contributed by atoms with Gasteiger partial charge in [-0.3, -0.25) is 4.90 Å². The van der Waals surface area contributed by atoms with Crippen molar-refractivity contribution >= 4 is 11.6 Å². The molecule has 4 heteroatoms. The van der Waals surface area contributed by atoms with Gasteiger partial charge in [0.05, 0.1) is 5.02 Å². The van der Waals surface area contributed by atoms with E-state index in [0.717, 1.165) is 31.7 Å². The van der Waals surface area contributed by atoms with Gasteiger partial charge >= 0.3 is 0 Å². The van der Waals surface area contributed by atoms with Crippen LogP contribution in [0.25, 0.3) is 0 Å². The van der Waals surface area contributed by atoms with E-state index in [-0.39, 0.29) is 17.3 Å². The van der Waals surface area contributed by atoms with Crippen LogP contribution in [0.1, 0.15) is 37.9 Å². The summed E-state index contributed by atoms with van der Waals surface area (Å²) in [5.74, 6) is -0.195. The van der Waals surface area contributed by atoms with E-state index in [1.54, 1.807) is 6.07 Å². The summed E-state index contributed by atoms with van der Waals surface area (Å²) in [7, 11) is 0. The number of rotatable bonds is 2. The molecule has 1 atom stereocenters. The van der Waals surface area contributed by atoms with Gasteiger partial charge < -0.3 is 5.32 Å². The lowest BCUT2D eigenvalue weighted by molar-refractivity contribution is 0.0835. The maximum atomic E-state index is 14.4. The maximum absolute atomic E-state index is 14.4. The lowest BCUT2D eigenvalue weighted by Crippen LogP contribution is -2.48. The molecule has 0 amide bonds. The van der Waals surface area contributed by atoms with Crippen LogP contribution in [-0.4, -0.2) is 31.1 Å². The largest absolute Gasteiger partial charge is 0.314 e. The molecule has 1 heterocycles. The van der Waals surface area contributed by atoms with Gasteiger partial charge in [-0.1, -0.05) is 38.4 Å². The second-order valence-electron chi connectivity index (χ2n) is 6.65. The first-order valence-electron chi connectivity index (χ1n) is 7.21. The van der Waals surface area contributed by atoms with Crippen LogP contribution in [0.4, 0.5) is 4.39 Å². The second-order valence-corrected chi connectivity index (χ2v) is 7.02. The molecule has 1 saturated heterocycles. The molecular weight excluding hydrogens is 275 g/mol. The van der Waals surface area contributed by atoms with Crippen LogP contribution in [0.5, 0.6) is 0 Å². The van der Waals surface area contributed by atoms with E-state index in [1.807, 2.05) is 6.92 Å². The zero-order chi connectivity index (χ0) is 14.9. The first-order valence-corrected chi connectivity index (χ1v) is 7.59. The van der Waals surface area contributed by atoms with Gasteiger partial charge in [0.2, 0.25) is 0 Å². The molecule has 0 bridgehead atoms. The number of piperazine rings is 1. The quantitative estimate of drug-likeness (QED) is 0.894. The van der Waals surface area contributed by atoms with Gasteiger partial charge in [0.25, 0.3) is 0 Å². The van der Waals surface area contributed by atoms with Crippen LogP contribution in [0, 0.1) is 18.2 Å². The van der Waals surface area contributed by atoms with Crippen LogP contribution in [0.3, 0.4) is 0 Å². The third-order valence-electron chi connectivity index (χ3n) is 3.93. The van der Waals surface area contributed by atoms with E-state index in [9.17, 15) is 4.39 Å². The SMILES string of the molecule is Cc1ccc(F)c([C@H](N2CCNCC2)C(C)(C)C)c1Cl. The fraction of sp³-hybridized carbons (Fsp3) is 0.625. The molecule has 1 aliphatic heterocycles. The number of nitrogens with one attached hydrogen (secondary N) is 1. The minimum atomic E-state index is -0.195. The topological polar surface area (TPSA) is 15.3 Å².